The number of rotatable bonds is 2. The fourth-order valence-corrected chi connectivity index (χ4v) is 2.45. The SMILES string of the molecule is O=S(O)c1csc(-c2ccc(F)cc2)n1. The third-order valence-corrected chi connectivity index (χ3v) is 3.36. The second-order valence-electron chi connectivity index (χ2n) is 2.75. The normalized spacial score (nSPS) is 12.7. The third-order valence-electron chi connectivity index (χ3n) is 1.75. The summed E-state index contributed by atoms with van der Waals surface area (Å²) in [5.74, 6) is -0.318. The van der Waals surface area contributed by atoms with E-state index in [4.69, 9.17) is 4.55 Å². The lowest BCUT2D eigenvalue weighted by molar-refractivity contribution is 0.561. The molecule has 0 bridgehead atoms. The molecule has 6 heteroatoms. The molecule has 15 heavy (non-hydrogen) atoms. The minimum absolute atomic E-state index is 0.124. The molecule has 1 heterocycles. The van der Waals surface area contributed by atoms with E-state index < -0.39 is 11.1 Å². The first-order valence-corrected chi connectivity index (χ1v) is 5.98. The van der Waals surface area contributed by atoms with Crippen LogP contribution >= 0.6 is 11.3 Å². The van der Waals surface area contributed by atoms with Crippen LogP contribution in [0.3, 0.4) is 0 Å². The number of halogens is 1. The minimum Gasteiger partial charge on any atom is -0.301 e. The van der Waals surface area contributed by atoms with Gasteiger partial charge in [0, 0.05) is 10.9 Å². The van der Waals surface area contributed by atoms with E-state index in [2.05, 4.69) is 4.98 Å². The number of hydrogen-bond donors (Lipinski definition) is 1. The Kier molecular flexibility index (Phi) is 2.90. The fraction of sp³-hybridized carbons (Fsp3) is 0. The average Bonchev–Trinajstić information content (AvgIpc) is 2.68. The van der Waals surface area contributed by atoms with Crippen molar-refractivity contribution in [2.45, 2.75) is 5.03 Å². The standard InChI is InChI=1S/C9H6FNO2S2/c10-7-3-1-6(2-4-7)9-11-8(5-14-9)15(12)13/h1-5H,(H,12,13). The maximum atomic E-state index is 12.6. The minimum atomic E-state index is -2.06. The molecule has 2 aromatic rings. The van der Waals surface area contributed by atoms with E-state index in [9.17, 15) is 8.60 Å². The molecule has 0 saturated heterocycles. The van der Waals surface area contributed by atoms with Crippen molar-refractivity contribution >= 4 is 22.4 Å². The van der Waals surface area contributed by atoms with Gasteiger partial charge in [-0.15, -0.1) is 11.3 Å². The molecule has 1 unspecified atom stereocenters. The van der Waals surface area contributed by atoms with Crippen molar-refractivity contribution in [3.05, 3.63) is 35.5 Å². The molecule has 2 rings (SSSR count). The smallest absolute Gasteiger partial charge is 0.206 e. The number of aromatic nitrogens is 1. The zero-order chi connectivity index (χ0) is 10.8. The van der Waals surface area contributed by atoms with Crippen LogP contribution in [0.2, 0.25) is 0 Å². The van der Waals surface area contributed by atoms with Crippen LogP contribution in [0.4, 0.5) is 4.39 Å². The van der Waals surface area contributed by atoms with Crippen molar-refractivity contribution in [3.8, 4) is 10.6 Å². The van der Waals surface area contributed by atoms with Crippen LogP contribution in [0, 0.1) is 5.82 Å². The summed E-state index contributed by atoms with van der Waals surface area (Å²) >= 11 is -0.811. The summed E-state index contributed by atoms with van der Waals surface area (Å²) in [7, 11) is 0. The molecular weight excluding hydrogens is 237 g/mol. The highest BCUT2D eigenvalue weighted by Gasteiger charge is 2.08. The zero-order valence-electron chi connectivity index (χ0n) is 7.38. The summed E-state index contributed by atoms with van der Waals surface area (Å²) in [5, 5.41) is 2.24. The molecule has 0 aliphatic heterocycles. The van der Waals surface area contributed by atoms with E-state index in [0.29, 0.717) is 5.01 Å². The Morgan fingerprint density at radius 2 is 2.00 bits per heavy atom. The lowest BCUT2D eigenvalue weighted by Gasteiger charge is -1.94. The predicted molar refractivity (Wildman–Crippen MR) is 56.5 cm³/mol. The Morgan fingerprint density at radius 3 is 2.53 bits per heavy atom. The molecule has 1 aromatic carbocycles. The van der Waals surface area contributed by atoms with Crippen LogP contribution in [0.1, 0.15) is 0 Å². The molecule has 0 saturated carbocycles. The van der Waals surface area contributed by atoms with Crippen molar-refractivity contribution < 1.29 is 13.2 Å². The largest absolute Gasteiger partial charge is 0.301 e. The summed E-state index contributed by atoms with van der Waals surface area (Å²) in [5.41, 5.74) is 0.734. The highest BCUT2D eigenvalue weighted by atomic mass is 32.2. The molecule has 0 amide bonds. The van der Waals surface area contributed by atoms with Gasteiger partial charge in [0.2, 0.25) is 11.1 Å². The highest BCUT2D eigenvalue weighted by Crippen LogP contribution is 2.24. The Balaban J connectivity index is 2.37. The van der Waals surface area contributed by atoms with Gasteiger partial charge in [0.25, 0.3) is 0 Å². The number of thiazole rings is 1. The molecule has 3 nitrogen and oxygen atoms in total. The Labute approximate surface area is 91.9 Å². The van der Waals surface area contributed by atoms with Gasteiger partial charge in [0.15, 0.2) is 5.03 Å². The summed E-state index contributed by atoms with van der Waals surface area (Å²) in [4.78, 5) is 3.96. The molecule has 0 aliphatic carbocycles. The van der Waals surface area contributed by atoms with Crippen LogP contribution < -0.4 is 0 Å². The molecule has 1 aromatic heterocycles. The first-order valence-electron chi connectivity index (χ1n) is 3.99. The van der Waals surface area contributed by atoms with E-state index in [0.717, 1.165) is 5.56 Å². The highest BCUT2D eigenvalue weighted by molar-refractivity contribution is 7.79. The number of benzene rings is 1. The number of nitrogens with zero attached hydrogens (tertiary/aromatic N) is 1. The first-order chi connectivity index (χ1) is 7.16. The molecular formula is C9H6FNO2S2. The van der Waals surface area contributed by atoms with E-state index >= 15 is 0 Å². The van der Waals surface area contributed by atoms with Crippen LogP contribution in [0.5, 0.6) is 0 Å². The first kappa shape index (κ1) is 10.4. The van der Waals surface area contributed by atoms with Crippen molar-refractivity contribution in [2.75, 3.05) is 0 Å². The van der Waals surface area contributed by atoms with Gasteiger partial charge in [-0.25, -0.2) is 13.6 Å². The van der Waals surface area contributed by atoms with Crippen molar-refractivity contribution in [1.82, 2.24) is 4.98 Å². The molecule has 0 spiro atoms. The quantitative estimate of drug-likeness (QED) is 0.824. The Bertz CT molecular complexity index is 495. The third kappa shape index (κ3) is 2.28. The van der Waals surface area contributed by atoms with Crippen LogP contribution in [0.25, 0.3) is 10.6 Å². The zero-order valence-corrected chi connectivity index (χ0v) is 9.02. The summed E-state index contributed by atoms with van der Waals surface area (Å²) in [6.07, 6.45) is 0. The van der Waals surface area contributed by atoms with Crippen LogP contribution in [0.15, 0.2) is 34.7 Å². The van der Waals surface area contributed by atoms with E-state index in [1.54, 1.807) is 12.1 Å². The summed E-state index contributed by atoms with van der Waals surface area (Å²) in [6, 6.07) is 5.81. The lowest BCUT2D eigenvalue weighted by atomic mass is 10.2. The van der Waals surface area contributed by atoms with Gasteiger partial charge in [-0.1, -0.05) is 0 Å². The molecule has 0 radical (unpaired) electrons. The van der Waals surface area contributed by atoms with Crippen molar-refractivity contribution in [3.63, 3.8) is 0 Å². The van der Waals surface area contributed by atoms with Gasteiger partial charge in [0.1, 0.15) is 10.8 Å². The second-order valence-corrected chi connectivity index (χ2v) is 4.52. The van der Waals surface area contributed by atoms with Crippen LogP contribution in [-0.2, 0) is 11.1 Å². The Morgan fingerprint density at radius 1 is 1.33 bits per heavy atom. The van der Waals surface area contributed by atoms with Crippen molar-refractivity contribution in [1.29, 1.82) is 0 Å². The Hall–Kier alpha value is -1.11. The predicted octanol–water partition coefficient (Wildman–Crippen LogP) is 2.53. The van der Waals surface area contributed by atoms with Gasteiger partial charge in [0.05, 0.1) is 0 Å². The van der Waals surface area contributed by atoms with E-state index in [1.807, 2.05) is 0 Å². The van der Waals surface area contributed by atoms with E-state index in [-0.39, 0.29) is 10.8 Å². The van der Waals surface area contributed by atoms with Gasteiger partial charge in [-0.05, 0) is 24.3 Å². The monoisotopic (exact) mass is 243 g/mol. The number of hydrogen-bond acceptors (Lipinski definition) is 3. The fourth-order valence-electron chi connectivity index (χ4n) is 1.06. The summed E-state index contributed by atoms with van der Waals surface area (Å²) in [6.45, 7) is 0. The van der Waals surface area contributed by atoms with Gasteiger partial charge in [-0.3, -0.25) is 0 Å². The van der Waals surface area contributed by atoms with Gasteiger partial charge >= 0.3 is 0 Å². The van der Waals surface area contributed by atoms with E-state index in [1.165, 1.54) is 28.8 Å². The molecule has 1 atom stereocenters. The summed E-state index contributed by atoms with van der Waals surface area (Å²) < 4.78 is 32.1. The molecule has 0 fully saturated rings. The maximum Gasteiger partial charge on any atom is 0.206 e. The van der Waals surface area contributed by atoms with Crippen LogP contribution in [-0.4, -0.2) is 13.7 Å². The average molecular weight is 243 g/mol. The molecule has 1 N–H and O–H groups in total. The topological polar surface area (TPSA) is 50.2 Å². The molecule has 0 aliphatic rings. The second kappa shape index (κ2) is 4.18. The maximum absolute atomic E-state index is 12.6. The van der Waals surface area contributed by atoms with Crippen molar-refractivity contribution in [2.24, 2.45) is 0 Å². The van der Waals surface area contributed by atoms with Gasteiger partial charge in [-0.2, -0.15) is 0 Å². The van der Waals surface area contributed by atoms with Gasteiger partial charge < -0.3 is 4.55 Å². The lowest BCUT2D eigenvalue weighted by Crippen LogP contribution is -1.87. The molecule has 78 valence electrons.